The summed E-state index contributed by atoms with van der Waals surface area (Å²) < 4.78 is 28.2. The molecule has 0 amide bonds. The average molecular weight is 296 g/mol. The minimum absolute atomic E-state index is 0.0797. The molecule has 0 bridgehead atoms. The van der Waals surface area contributed by atoms with E-state index in [1.54, 1.807) is 24.3 Å². The molecule has 0 aromatic heterocycles. The average Bonchev–Trinajstić information content (AvgIpc) is 3.18. The molecule has 0 unspecified atom stereocenters. The Bertz CT molecular complexity index is 604. The Kier molecular flexibility index (Phi) is 4.53. The minimum Gasteiger partial charge on any atom is -0.478 e. The van der Waals surface area contributed by atoms with Crippen molar-refractivity contribution >= 4 is 22.3 Å². The monoisotopic (exact) mass is 296 g/mol. The van der Waals surface area contributed by atoms with Gasteiger partial charge in [-0.05, 0) is 30.0 Å². The Morgan fingerprint density at radius 3 is 2.50 bits per heavy atom. The highest BCUT2D eigenvalue weighted by Gasteiger charge is 2.26. The number of carboxylic acid groups (broad SMARTS) is 1. The standard InChI is InChI=1S/C13H16N2O4S/c16-13(17)8-5-10-1-3-11(4-2-10)9-14-20(18,19)15-12-6-7-12/h1-5,8,12,14-15H,6-7,9H2,(H,16,17)/b8-5+. The fourth-order valence-corrected chi connectivity index (χ4v) is 2.67. The summed E-state index contributed by atoms with van der Waals surface area (Å²) in [4.78, 5) is 10.4. The van der Waals surface area contributed by atoms with Crippen molar-refractivity contribution in [3.63, 3.8) is 0 Å². The lowest BCUT2D eigenvalue weighted by atomic mass is 10.1. The maximum Gasteiger partial charge on any atom is 0.328 e. The van der Waals surface area contributed by atoms with Crippen LogP contribution in [-0.2, 0) is 21.5 Å². The van der Waals surface area contributed by atoms with Crippen LogP contribution in [0, 0.1) is 0 Å². The van der Waals surface area contributed by atoms with E-state index in [1.165, 1.54) is 6.08 Å². The van der Waals surface area contributed by atoms with Gasteiger partial charge in [0.1, 0.15) is 0 Å². The molecule has 0 radical (unpaired) electrons. The van der Waals surface area contributed by atoms with E-state index in [0.717, 1.165) is 30.0 Å². The number of carbonyl (C=O) groups is 1. The van der Waals surface area contributed by atoms with Crippen LogP contribution in [0.4, 0.5) is 0 Å². The summed E-state index contributed by atoms with van der Waals surface area (Å²) in [7, 11) is -3.44. The van der Waals surface area contributed by atoms with Crippen LogP contribution in [0.1, 0.15) is 24.0 Å². The van der Waals surface area contributed by atoms with Gasteiger partial charge < -0.3 is 5.11 Å². The second-order valence-electron chi connectivity index (χ2n) is 4.63. The highest BCUT2D eigenvalue weighted by Crippen LogP contribution is 2.19. The Hall–Kier alpha value is -1.70. The summed E-state index contributed by atoms with van der Waals surface area (Å²) in [6.07, 6.45) is 4.32. The summed E-state index contributed by atoms with van der Waals surface area (Å²) in [6.45, 7) is 0.199. The van der Waals surface area contributed by atoms with E-state index in [-0.39, 0.29) is 12.6 Å². The lowest BCUT2D eigenvalue weighted by Gasteiger charge is -2.07. The molecular formula is C13H16N2O4S. The van der Waals surface area contributed by atoms with E-state index in [2.05, 4.69) is 9.44 Å². The third-order valence-electron chi connectivity index (χ3n) is 2.76. The number of nitrogens with one attached hydrogen (secondary N) is 2. The van der Waals surface area contributed by atoms with Crippen molar-refractivity contribution in [3.8, 4) is 0 Å². The fourth-order valence-electron chi connectivity index (χ4n) is 1.55. The maximum absolute atomic E-state index is 11.6. The molecule has 0 aliphatic heterocycles. The molecule has 1 fully saturated rings. The largest absolute Gasteiger partial charge is 0.478 e. The Morgan fingerprint density at radius 1 is 1.30 bits per heavy atom. The van der Waals surface area contributed by atoms with Gasteiger partial charge in [-0.25, -0.2) is 4.79 Å². The topological polar surface area (TPSA) is 95.5 Å². The van der Waals surface area contributed by atoms with Crippen LogP contribution in [0.3, 0.4) is 0 Å². The Balaban J connectivity index is 1.88. The molecular weight excluding hydrogens is 280 g/mol. The predicted molar refractivity (Wildman–Crippen MR) is 75.0 cm³/mol. The zero-order valence-corrected chi connectivity index (χ0v) is 11.6. The highest BCUT2D eigenvalue weighted by molar-refractivity contribution is 7.87. The molecule has 108 valence electrons. The van der Waals surface area contributed by atoms with Gasteiger partial charge in [0.2, 0.25) is 0 Å². The van der Waals surface area contributed by atoms with E-state index < -0.39 is 16.2 Å². The lowest BCUT2D eigenvalue weighted by molar-refractivity contribution is -0.131. The molecule has 0 atom stereocenters. The Morgan fingerprint density at radius 2 is 1.95 bits per heavy atom. The van der Waals surface area contributed by atoms with Crippen LogP contribution >= 0.6 is 0 Å². The maximum atomic E-state index is 11.6. The molecule has 1 aromatic carbocycles. The SMILES string of the molecule is O=C(O)/C=C/c1ccc(CNS(=O)(=O)NC2CC2)cc1. The van der Waals surface area contributed by atoms with Crippen LogP contribution < -0.4 is 9.44 Å². The first-order valence-corrected chi connectivity index (χ1v) is 7.70. The van der Waals surface area contributed by atoms with Gasteiger partial charge in [0.25, 0.3) is 10.2 Å². The molecule has 7 heteroatoms. The van der Waals surface area contributed by atoms with Crippen molar-refractivity contribution in [2.45, 2.75) is 25.4 Å². The van der Waals surface area contributed by atoms with Gasteiger partial charge in [0.15, 0.2) is 0 Å². The Labute approximate surface area is 117 Å². The molecule has 0 spiro atoms. The van der Waals surface area contributed by atoms with Gasteiger partial charge in [-0.1, -0.05) is 24.3 Å². The van der Waals surface area contributed by atoms with Crippen molar-refractivity contribution in [1.82, 2.24) is 9.44 Å². The van der Waals surface area contributed by atoms with Crippen molar-refractivity contribution in [2.24, 2.45) is 0 Å². The van der Waals surface area contributed by atoms with Crippen LogP contribution in [0.2, 0.25) is 0 Å². The first kappa shape index (κ1) is 14.7. The zero-order chi connectivity index (χ0) is 14.6. The van der Waals surface area contributed by atoms with Gasteiger partial charge in [-0.2, -0.15) is 17.9 Å². The van der Waals surface area contributed by atoms with Crippen LogP contribution in [0.5, 0.6) is 0 Å². The first-order valence-electron chi connectivity index (χ1n) is 6.21. The molecule has 0 saturated heterocycles. The number of aliphatic carboxylic acids is 1. The molecule has 1 saturated carbocycles. The molecule has 0 heterocycles. The summed E-state index contributed by atoms with van der Waals surface area (Å²) in [6, 6.07) is 7.05. The summed E-state index contributed by atoms with van der Waals surface area (Å²) in [5.74, 6) is -1.01. The van der Waals surface area contributed by atoms with Crippen molar-refractivity contribution in [2.75, 3.05) is 0 Å². The van der Waals surface area contributed by atoms with Crippen LogP contribution in [-0.4, -0.2) is 25.5 Å². The molecule has 1 aromatic rings. The summed E-state index contributed by atoms with van der Waals surface area (Å²) in [5, 5.41) is 8.51. The minimum atomic E-state index is -3.44. The van der Waals surface area contributed by atoms with Crippen LogP contribution in [0.25, 0.3) is 6.08 Å². The van der Waals surface area contributed by atoms with Gasteiger partial charge in [-0.15, -0.1) is 0 Å². The van der Waals surface area contributed by atoms with Crippen molar-refractivity contribution in [1.29, 1.82) is 0 Å². The van der Waals surface area contributed by atoms with Gasteiger partial charge in [0.05, 0.1) is 0 Å². The number of rotatable bonds is 7. The molecule has 2 rings (SSSR count). The van der Waals surface area contributed by atoms with Gasteiger partial charge in [0, 0.05) is 18.7 Å². The predicted octanol–water partition coefficient (Wildman–Crippen LogP) is 0.871. The molecule has 1 aliphatic rings. The van der Waals surface area contributed by atoms with Gasteiger partial charge >= 0.3 is 5.97 Å². The molecule has 20 heavy (non-hydrogen) atoms. The lowest BCUT2D eigenvalue weighted by Crippen LogP contribution is -2.37. The number of benzene rings is 1. The van der Waals surface area contributed by atoms with Crippen molar-refractivity contribution in [3.05, 3.63) is 41.5 Å². The third kappa shape index (κ3) is 5.12. The van der Waals surface area contributed by atoms with Crippen molar-refractivity contribution < 1.29 is 18.3 Å². The number of carboxylic acids is 1. The van der Waals surface area contributed by atoms with E-state index >= 15 is 0 Å². The van der Waals surface area contributed by atoms with Gasteiger partial charge in [-0.3, -0.25) is 0 Å². The zero-order valence-electron chi connectivity index (χ0n) is 10.7. The quantitative estimate of drug-likeness (QED) is 0.651. The normalized spacial score (nSPS) is 15.6. The second kappa shape index (κ2) is 6.17. The van der Waals surface area contributed by atoms with E-state index in [9.17, 15) is 13.2 Å². The summed E-state index contributed by atoms with van der Waals surface area (Å²) in [5.41, 5.74) is 1.55. The van der Waals surface area contributed by atoms with E-state index in [0.29, 0.717) is 0 Å². The molecule has 1 aliphatic carbocycles. The highest BCUT2D eigenvalue weighted by atomic mass is 32.2. The van der Waals surface area contributed by atoms with Crippen LogP contribution in [0.15, 0.2) is 30.3 Å². The van der Waals surface area contributed by atoms with E-state index in [1.807, 2.05) is 0 Å². The van der Waals surface area contributed by atoms with E-state index in [4.69, 9.17) is 5.11 Å². The first-order chi connectivity index (χ1) is 9.44. The smallest absolute Gasteiger partial charge is 0.328 e. The number of hydrogen-bond acceptors (Lipinski definition) is 3. The fraction of sp³-hybridized carbons (Fsp3) is 0.308. The third-order valence-corrected chi connectivity index (χ3v) is 3.93. The summed E-state index contributed by atoms with van der Waals surface area (Å²) >= 11 is 0. The molecule has 6 nitrogen and oxygen atoms in total. The second-order valence-corrected chi connectivity index (χ2v) is 6.16. The number of hydrogen-bond donors (Lipinski definition) is 3. The molecule has 3 N–H and O–H groups in total.